The Morgan fingerprint density at radius 2 is 1.96 bits per heavy atom. The lowest BCUT2D eigenvalue weighted by Crippen LogP contribution is -2.05. The van der Waals surface area contributed by atoms with Gasteiger partial charge < -0.3 is 4.74 Å². The maximum atomic E-state index is 13.1. The van der Waals surface area contributed by atoms with Crippen LogP contribution in [-0.4, -0.2) is 30.7 Å². The fourth-order valence-corrected chi connectivity index (χ4v) is 5.18. The molecule has 0 amide bonds. The summed E-state index contributed by atoms with van der Waals surface area (Å²) < 4.78 is 43.9. The van der Waals surface area contributed by atoms with Crippen LogP contribution in [0.15, 0.2) is 59.8 Å². The molecule has 0 aliphatic carbocycles. The number of sulfone groups is 1. The van der Waals surface area contributed by atoms with E-state index in [1.165, 1.54) is 12.3 Å². The maximum Gasteiger partial charge on any atom is 0.196 e. The molecule has 0 fully saturated rings. The summed E-state index contributed by atoms with van der Waals surface area (Å²) in [5.41, 5.74) is 1.36. The zero-order valence-electron chi connectivity index (χ0n) is 14.7. The van der Waals surface area contributed by atoms with Gasteiger partial charge in [-0.25, -0.2) is 13.4 Å². The summed E-state index contributed by atoms with van der Waals surface area (Å²) in [4.78, 5) is 3.91. The highest BCUT2D eigenvalue weighted by Crippen LogP contribution is 2.33. The van der Waals surface area contributed by atoms with Crippen LogP contribution in [0.5, 0.6) is 5.75 Å². The van der Waals surface area contributed by atoms with Crippen molar-refractivity contribution in [1.82, 2.24) is 15.2 Å². The number of thiazole rings is 1. The number of rotatable bonds is 5. The van der Waals surface area contributed by atoms with Crippen molar-refractivity contribution in [2.45, 2.75) is 10.6 Å². The van der Waals surface area contributed by atoms with Crippen molar-refractivity contribution in [2.24, 2.45) is 0 Å². The summed E-state index contributed by atoms with van der Waals surface area (Å²) in [5, 5.41) is 9.30. The van der Waals surface area contributed by atoms with E-state index < -0.39 is 15.0 Å². The summed E-state index contributed by atoms with van der Waals surface area (Å²) >= 11 is 0.724. The highest BCUT2D eigenvalue weighted by molar-refractivity contribution is 7.90. The third kappa shape index (κ3) is 3.46. The van der Waals surface area contributed by atoms with Crippen LogP contribution >= 0.6 is 11.3 Å². The molecule has 0 spiro atoms. The Morgan fingerprint density at radius 1 is 1.14 bits per heavy atom. The molecule has 0 bridgehead atoms. The number of aromatic nitrogens is 3. The van der Waals surface area contributed by atoms with Crippen LogP contribution in [0.4, 0.5) is 4.39 Å². The van der Waals surface area contributed by atoms with E-state index in [0.717, 1.165) is 28.5 Å². The van der Waals surface area contributed by atoms with Crippen LogP contribution in [0.3, 0.4) is 0 Å². The van der Waals surface area contributed by atoms with E-state index in [1.807, 2.05) is 24.3 Å². The average Bonchev–Trinajstić information content (AvgIpc) is 3.11. The Hall–Kier alpha value is -2.91. The lowest BCUT2D eigenvalue weighted by molar-refractivity contribution is 0.416. The van der Waals surface area contributed by atoms with Crippen molar-refractivity contribution >= 4 is 31.9 Å². The zero-order valence-corrected chi connectivity index (χ0v) is 16.3. The Balaban J connectivity index is 1.79. The van der Waals surface area contributed by atoms with Gasteiger partial charge in [-0.15, -0.1) is 5.10 Å². The number of hydrogen-bond acceptors (Lipinski definition) is 7. The number of nitrogens with zero attached hydrogens (tertiary/aromatic N) is 3. The van der Waals surface area contributed by atoms with Gasteiger partial charge in [0.2, 0.25) is 0 Å². The second-order valence-corrected chi connectivity index (χ2v) is 9.01. The maximum absolute atomic E-state index is 13.1. The van der Waals surface area contributed by atoms with E-state index in [1.54, 1.807) is 19.2 Å². The smallest absolute Gasteiger partial charge is 0.196 e. The van der Waals surface area contributed by atoms with Crippen LogP contribution in [-0.2, 0) is 15.6 Å². The van der Waals surface area contributed by atoms with Gasteiger partial charge >= 0.3 is 0 Å². The molecule has 4 rings (SSSR count). The first-order valence-electron chi connectivity index (χ1n) is 8.20. The largest absolute Gasteiger partial charge is 0.496 e. The van der Waals surface area contributed by atoms with Crippen molar-refractivity contribution in [3.63, 3.8) is 0 Å². The van der Waals surface area contributed by atoms with Crippen molar-refractivity contribution in [3.05, 3.63) is 65.0 Å². The lowest BCUT2D eigenvalue weighted by atomic mass is 10.0. The highest BCUT2D eigenvalue weighted by Gasteiger charge is 2.19. The number of ether oxygens (including phenoxy) is 1. The highest BCUT2D eigenvalue weighted by atomic mass is 32.2. The predicted molar refractivity (Wildman–Crippen MR) is 104 cm³/mol. The first-order chi connectivity index (χ1) is 13.5. The Kier molecular flexibility index (Phi) is 4.78. The fraction of sp³-hybridized carbons (Fsp3) is 0.105. The molecular weight excluding hydrogens is 401 g/mol. The van der Waals surface area contributed by atoms with Gasteiger partial charge in [-0.1, -0.05) is 29.5 Å². The van der Waals surface area contributed by atoms with Crippen molar-refractivity contribution < 1.29 is 17.5 Å². The molecule has 2 heterocycles. The van der Waals surface area contributed by atoms with E-state index in [-0.39, 0.29) is 15.7 Å². The molecule has 4 aromatic rings. The molecule has 0 unspecified atom stereocenters. The second kappa shape index (κ2) is 7.25. The molecule has 28 heavy (non-hydrogen) atoms. The molecule has 0 aliphatic rings. The van der Waals surface area contributed by atoms with Gasteiger partial charge in [-0.05, 0) is 24.3 Å². The van der Waals surface area contributed by atoms with Gasteiger partial charge in [-0.2, -0.15) is 9.49 Å². The Labute approximate surface area is 164 Å². The summed E-state index contributed by atoms with van der Waals surface area (Å²) in [7, 11) is -2.10. The van der Waals surface area contributed by atoms with E-state index in [4.69, 9.17) is 4.74 Å². The number of methoxy groups -OCH3 is 1. The summed E-state index contributed by atoms with van der Waals surface area (Å²) in [6.07, 6.45) is 2.53. The number of benzene rings is 2. The molecule has 0 N–H and O–H groups in total. The van der Waals surface area contributed by atoms with E-state index >= 15 is 0 Å². The molecule has 0 saturated carbocycles. The molecule has 142 valence electrons. The molecule has 0 saturated heterocycles. The van der Waals surface area contributed by atoms with Gasteiger partial charge in [-0.3, -0.25) is 0 Å². The zero-order chi connectivity index (χ0) is 19.7. The average molecular weight is 415 g/mol. The third-order valence-corrected chi connectivity index (χ3v) is 6.79. The standard InChI is InChI=1S/C19H14FN3O3S2/c1-26-16-5-3-2-4-15(16)19-14-7-6-13(8-12(14)9-22-23-19)28(24,25)11-18-21-10-17(20)27-18/h2-10H,11H2,1H3. The van der Waals surface area contributed by atoms with Gasteiger partial charge in [0.1, 0.15) is 22.2 Å². The molecule has 6 nitrogen and oxygen atoms in total. The molecule has 2 aromatic carbocycles. The topological polar surface area (TPSA) is 82.0 Å². The van der Waals surface area contributed by atoms with E-state index in [2.05, 4.69) is 15.2 Å². The predicted octanol–water partition coefficient (Wildman–Crippen LogP) is 3.87. The number of halogens is 1. The van der Waals surface area contributed by atoms with Gasteiger partial charge in [0, 0.05) is 16.3 Å². The molecule has 0 atom stereocenters. The molecule has 0 aliphatic heterocycles. The summed E-state index contributed by atoms with van der Waals surface area (Å²) in [6.45, 7) is 0. The van der Waals surface area contributed by atoms with Crippen LogP contribution < -0.4 is 4.74 Å². The second-order valence-electron chi connectivity index (χ2n) is 5.96. The number of hydrogen-bond donors (Lipinski definition) is 0. The minimum Gasteiger partial charge on any atom is -0.496 e. The van der Waals surface area contributed by atoms with Crippen LogP contribution in [0.25, 0.3) is 22.0 Å². The Morgan fingerprint density at radius 3 is 2.71 bits per heavy atom. The minimum absolute atomic E-state index is 0.120. The molecule has 9 heteroatoms. The van der Waals surface area contributed by atoms with E-state index in [0.29, 0.717) is 16.8 Å². The first-order valence-corrected chi connectivity index (χ1v) is 10.7. The molecule has 0 radical (unpaired) electrons. The number of fused-ring (bicyclic) bond motifs is 1. The lowest BCUT2D eigenvalue weighted by Gasteiger charge is -2.10. The van der Waals surface area contributed by atoms with Crippen LogP contribution in [0.1, 0.15) is 5.01 Å². The third-order valence-electron chi connectivity index (χ3n) is 4.19. The number of para-hydroxylation sites is 1. The first kappa shape index (κ1) is 18.5. The van der Waals surface area contributed by atoms with Crippen LogP contribution in [0.2, 0.25) is 0 Å². The molecule has 2 aromatic heterocycles. The van der Waals surface area contributed by atoms with Crippen molar-refractivity contribution in [3.8, 4) is 17.0 Å². The van der Waals surface area contributed by atoms with Crippen LogP contribution in [0, 0.1) is 5.13 Å². The van der Waals surface area contributed by atoms with Gasteiger partial charge in [0.25, 0.3) is 0 Å². The minimum atomic E-state index is -3.67. The summed E-state index contributed by atoms with van der Waals surface area (Å²) in [6, 6.07) is 12.2. The Bertz CT molecular complexity index is 1270. The van der Waals surface area contributed by atoms with E-state index in [9.17, 15) is 12.8 Å². The van der Waals surface area contributed by atoms with Crippen molar-refractivity contribution in [2.75, 3.05) is 7.11 Å². The quantitative estimate of drug-likeness (QED) is 0.492. The van der Waals surface area contributed by atoms with Crippen molar-refractivity contribution in [1.29, 1.82) is 0 Å². The SMILES string of the molecule is COc1ccccc1-c1nncc2cc(S(=O)(=O)Cc3ncc(F)s3)ccc12. The fourth-order valence-electron chi connectivity index (χ4n) is 2.90. The summed E-state index contributed by atoms with van der Waals surface area (Å²) in [5.74, 6) is 0.289. The van der Waals surface area contributed by atoms with Gasteiger partial charge in [0.05, 0.1) is 24.4 Å². The normalized spacial score (nSPS) is 11.6. The van der Waals surface area contributed by atoms with Gasteiger partial charge in [0.15, 0.2) is 15.0 Å². The molecular formula is C19H14FN3O3S2. The monoisotopic (exact) mass is 415 g/mol.